The van der Waals surface area contributed by atoms with Gasteiger partial charge in [0, 0.05) is 44.2 Å². The van der Waals surface area contributed by atoms with Gasteiger partial charge in [0.25, 0.3) is 0 Å². The van der Waals surface area contributed by atoms with Crippen molar-refractivity contribution in [3.63, 3.8) is 0 Å². The number of fused-ring (bicyclic) bond motifs is 4. The number of anilines is 1. The van der Waals surface area contributed by atoms with Crippen LogP contribution in [-0.2, 0) is 39.8 Å². The van der Waals surface area contributed by atoms with E-state index in [1.54, 1.807) is 45.2 Å². The number of allylic oxidation sites excluding steroid dienone is 3. The van der Waals surface area contributed by atoms with Crippen molar-refractivity contribution in [3.05, 3.63) is 46.5 Å². The Morgan fingerprint density at radius 1 is 1.24 bits per heavy atom. The third kappa shape index (κ3) is 11.4. The van der Waals surface area contributed by atoms with Gasteiger partial charge in [-0.25, -0.2) is 9.59 Å². The van der Waals surface area contributed by atoms with Crippen LogP contribution in [-0.4, -0.2) is 103 Å². The molecular formula is C39H58ClN3O10S. The molecule has 0 unspecified atom stereocenters. The first-order valence-electron chi connectivity index (χ1n) is 18.1. The highest BCUT2D eigenvalue weighted by Crippen LogP contribution is 2.41. The van der Waals surface area contributed by atoms with Crippen molar-refractivity contribution in [1.29, 1.82) is 0 Å². The van der Waals surface area contributed by atoms with Gasteiger partial charge in [0.2, 0.25) is 18.1 Å². The quantitative estimate of drug-likeness (QED) is 0.201. The van der Waals surface area contributed by atoms with Crippen molar-refractivity contribution < 1.29 is 48.0 Å². The minimum Gasteiger partial charge on any atom is -0.495 e. The number of halogens is 1. The lowest BCUT2D eigenvalue weighted by Gasteiger charge is -2.47. The fraction of sp³-hybridized carbons (Fsp3) is 0.641. The van der Waals surface area contributed by atoms with Crippen molar-refractivity contribution in [3.8, 4) is 5.75 Å². The van der Waals surface area contributed by atoms with Crippen LogP contribution in [0.15, 0.2) is 35.9 Å². The second kappa shape index (κ2) is 18.6. The molecule has 0 radical (unpaired) electrons. The third-order valence-electron chi connectivity index (χ3n) is 10.2. The van der Waals surface area contributed by atoms with Crippen LogP contribution in [0.25, 0.3) is 0 Å². The number of amides is 3. The van der Waals surface area contributed by atoms with E-state index in [0.717, 1.165) is 11.1 Å². The molecule has 0 spiro atoms. The molecule has 1 saturated heterocycles. The minimum absolute atomic E-state index is 0.0829. The van der Waals surface area contributed by atoms with E-state index in [0.29, 0.717) is 30.7 Å². The summed E-state index contributed by atoms with van der Waals surface area (Å²) < 4.78 is 29.0. The predicted octanol–water partition coefficient (Wildman–Crippen LogP) is 5.99. The van der Waals surface area contributed by atoms with Crippen molar-refractivity contribution in [1.82, 2.24) is 10.2 Å². The first kappa shape index (κ1) is 45.1. The molecule has 3 rings (SSSR count). The van der Waals surface area contributed by atoms with Crippen molar-refractivity contribution >= 4 is 53.8 Å². The summed E-state index contributed by atoms with van der Waals surface area (Å²) in [4.78, 5) is 56.4. The molecule has 54 heavy (non-hydrogen) atoms. The summed E-state index contributed by atoms with van der Waals surface area (Å²) in [5.41, 5.74) is -0.784. The number of rotatable bonds is 9. The summed E-state index contributed by atoms with van der Waals surface area (Å²) in [6.45, 7) is 12.7. The Balaban J connectivity index is 2.11. The molecule has 1 aromatic carbocycles. The Morgan fingerprint density at radius 2 is 1.91 bits per heavy atom. The highest BCUT2D eigenvalue weighted by Gasteiger charge is 2.52. The number of hydrogen-bond donors (Lipinski definition) is 3. The Labute approximate surface area is 330 Å². The fourth-order valence-electron chi connectivity index (χ4n) is 6.49. The number of likely N-dealkylation sites (N-methyl/N-ethyl adjacent to an activating group) is 1. The number of methoxy groups -OCH3 is 2. The second-order valence-corrected chi connectivity index (χ2v) is 17.0. The molecule has 13 nitrogen and oxygen atoms in total. The lowest BCUT2D eigenvalue weighted by molar-refractivity contribution is -0.223. The molecule has 2 aliphatic rings. The summed E-state index contributed by atoms with van der Waals surface area (Å²) in [7, 11) is 5.98. The SMILES string of the molecule is CC[C@H]1O[C@@H](OC(=O)[C@H](C)N(C)C(=O)CCC(C)(C)S)CC(=O)N(C)c2cc(cc(OC)c2Cl)C/C(C)=C/C=C/[C@@H](OC)[C@@]2(O)C[C@H](OC(=O)N2)C1(C)C. The van der Waals surface area contributed by atoms with Gasteiger partial charge in [0.1, 0.15) is 29.0 Å². The lowest BCUT2D eigenvalue weighted by atomic mass is 9.75. The van der Waals surface area contributed by atoms with E-state index >= 15 is 0 Å². The highest BCUT2D eigenvalue weighted by atomic mass is 35.5. The molecule has 2 N–H and O–H groups in total. The average Bonchev–Trinajstić information content (AvgIpc) is 3.09. The summed E-state index contributed by atoms with van der Waals surface area (Å²) in [5.74, 6) is -1.20. The standard InChI is InChI=1S/C39H58ClN3O10S/c1-12-28-38(6,7)30-22-39(48,41-36(47)52-30)29(50-11)15-13-14-23(2)18-25-19-26(34(40)27(20-25)49-10)43(9)32(45)21-33(51-28)53-35(46)24(3)42(8)31(44)16-17-37(4,5)54/h13-15,19-20,24,28-30,33,48,54H,12,16-18,21-22H2,1-11H3,(H,41,47)/b15-13+,23-14+/t24-,28+,29+,30-,33-,39-/m0/s1. The van der Waals surface area contributed by atoms with Crippen LogP contribution in [0, 0.1) is 5.41 Å². The van der Waals surface area contributed by atoms with Gasteiger partial charge < -0.3 is 38.6 Å². The molecule has 2 heterocycles. The summed E-state index contributed by atoms with van der Waals surface area (Å²) >= 11 is 11.3. The zero-order chi connectivity index (χ0) is 40.8. The Bertz CT molecular complexity index is 1590. The summed E-state index contributed by atoms with van der Waals surface area (Å²) in [6.07, 6.45) is 1.23. The molecule has 0 aliphatic carbocycles. The topological polar surface area (TPSA) is 153 Å². The minimum atomic E-state index is -1.86. The number of nitrogens with zero attached hydrogens (tertiary/aromatic N) is 2. The van der Waals surface area contributed by atoms with Crippen molar-refractivity contribution in [2.24, 2.45) is 5.41 Å². The van der Waals surface area contributed by atoms with Crippen LogP contribution < -0.4 is 15.0 Å². The molecule has 2 aliphatic heterocycles. The molecule has 6 atom stereocenters. The number of carbonyl (C=O) groups excluding carboxylic acids is 4. The lowest BCUT2D eigenvalue weighted by Crippen LogP contribution is -2.65. The van der Waals surface area contributed by atoms with E-state index in [-0.39, 0.29) is 28.5 Å². The van der Waals surface area contributed by atoms with E-state index in [1.807, 2.05) is 33.8 Å². The van der Waals surface area contributed by atoms with Gasteiger partial charge in [-0.15, -0.1) is 0 Å². The monoisotopic (exact) mass is 795 g/mol. The summed E-state index contributed by atoms with van der Waals surface area (Å²) in [6, 6.07) is 2.54. The highest BCUT2D eigenvalue weighted by molar-refractivity contribution is 7.81. The normalized spacial score (nSPS) is 27.4. The number of alkyl carbamates (subject to hydrolysis) is 1. The van der Waals surface area contributed by atoms with Crippen LogP contribution in [0.3, 0.4) is 0 Å². The van der Waals surface area contributed by atoms with Crippen molar-refractivity contribution in [2.75, 3.05) is 33.2 Å². The molecule has 15 heteroatoms. The van der Waals surface area contributed by atoms with E-state index in [9.17, 15) is 24.3 Å². The number of esters is 1. The molecule has 0 aromatic heterocycles. The van der Waals surface area contributed by atoms with E-state index in [4.69, 9.17) is 35.3 Å². The van der Waals surface area contributed by atoms with Gasteiger partial charge in [-0.1, -0.05) is 70.0 Å². The third-order valence-corrected chi connectivity index (χ3v) is 10.8. The Kier molecular flexibility index (Phi) is 15.5. The Hall–Kier alpha value is -3.30. The van der Waals surface area contributed by atoms with E-state index in [1.165, 1.54) is 38.0 Å². The molecule has 1 aromatic rings. The largest absolute Gasteiger partial charge is 0.495 e. The number of ether oxygens (including phenoxy) is 5. The van der Waals surface area contributed by atoms with Crippen LogP contribution in [0.1, 0.15) is 86.1 Å². The average molecular weight is 796 g/mol. The predicted molar refractivity (Wildman–Crippen MR) is 210 cm³/mol. The van der Waals surface area contributed by atoms with Crippen LogP contribution >= 0.6 is 24.2 Å². The first-order chi connectivity index (χ1) is 25.1. The molecule has 0 saturated carbocycles. The summed E-state index contributed by atoms with van der Waals surface area (Å²) in [5, 5.41) is 14.6. The van der Waals surface area contributed by atoms with Gasteiger partial charge in [-0.05, 0) is 50.8 Å². The molecular weight excluding hydrogens is 738 g/mol. The first-order valence-corrected chi connectivity index (χ1v) is 18.9. The van der Waals surface area contributed by atoms with Gasteiger partial charge >= 0.3 is 12.1 Å². The second-order valence-electron chi connectivity index (χ2n) is 15.4. The van der Waals surface area contributed by atoms with Gasteiger partial charge in [-0.2, -0.15) is 12.6 Å². The van der Waals surface area contributed by atoms with E-state index in [2.05, 4.69) is 17.9 Å². The fourth-order valence-corrected chi connectivity index (χ4v) is 6.92. The number of carbonyl (C=O) groups is 4. The maximum atomic E-state index is 14.1. The van der Waals surface area contributed by atoms with Gasteiger partial charge in [0.05, 0.1) is 25.3 Å². The maximum absolute atomic E-state index is 14.1. The zero-order valence-electron chi connectivity index (χ0n) is 33.4. The molecule has 3 amide bonds. The smallest absolute Gasteiger partial charge is 0.409 e. The molecule has 302 valence electrons. The maximum Gasteiger partial charge on any atom is 0.409 e. The van der Waals surface area contributed by atoms with Crippen LogP contribution in [0.5, 0.6) is 5.75 Å². The number of thiol groups is 1. The van der Waals surface area contributed by atoms with E-state index < -0.39 is 66.2 Å². The van der Waals surface area contributed by atoms with Crippen LogP contribution in [0.4, 0.5) is 10.5 Å². The van der Waals surface area contributed by atoms with Crippen molar-refractivity contribution in [2.45, 2.75) is 128 Å². The number of benzene rings is 1. The van der Waals surface area contributed by atoms with Crippen LogP contribution in [0.2, 0.25) is 5.02 Å². The Morgan fingerprint density at radius 3 is 2.50 bits per heavy atom. The number of aliphatic hydroxyl groups is 1. The molecule has 4 bridgehead atoms. The molecule has 1 fully saturated rings. The number of hydrogen-bond acceptors (Lipinski definition) is 11. The number of nitrogens with one attached hydrogen (secondary N) is 1. The van der Waals surface area contributed by atoms with Gasteiger partial charge in [0.15, 0.2) is 5.72 Å². The van der Waals surface area contributed by atoms with Gasteiger partial charge in [-0.3, -0.25) is 14.9 Å². The zero-order valence-corrected chi connectivity index (χ0v) is 35.0.